The maximum absolute atomic E-state index is 12.5. The standard InChI is InChI=1S/C11H16F3N3O/c1-8(15)9-3-2-4-16-10(9)17(5-6-18)7-11(12,13)14/h2-4,8,18H,5-7,15H2,1H3/t8-/m0/s1. The highest BCUT2D eigenvalue weighted by molar-refractivity contribution is 5.48. The summed E-state index contributed by atoms with van der Waals surface area (Å²) in [6.07, 6.45) is -2.95. The Labute approximate surface area is 103 Å². The van der Waals surface area contributed by atoms with Gasteiger partial charge in [0.1, 0.15) is 12.4 Å². The Bertz CT molecular complexity index is 382. The van der Waals surface area contributed by atoms with Gasteiger partial charge in [-0.3, -0.25) is 0 Å². The lowest BCUT2D eigenvalue weighted by Crippen LogP contribution is -2.37. The van der Waals surface area contributed by atoms with Crippen molar-refractivity contribution < 1.29 is 18.3 Å². The molecule has 0 spiro atoms. The summed E-state index contributed by atoms with van der Waals surface area (Å²) in [6.45, 7) is -0.0171. The average molecular weight is 263 g/mol. The predicted octanol–water partition coefficient (Wildman–Crippen LogP) is 1.46. The van der Waals surface area contributed by atoms with Gasteiger partial charge in [-0.2, -0.15) is 13.2 Å². The topological polar surface area (TPSA) is 62.4 Å². The molecular formula is C11H16F3N3O. The van der Waals surface area contributed by atoms with Gasteiger partial charge in [-0.25, -0.2) is 4.98 Å². The first-order valence-electron chi connectivity index (χ1n) is 5.48. The van der Waals surface area contributed by atoms with Crippen molar-refractivity contribution in [2.45, 2.75) is 19.1 Å². The number of rotatable bonds is 5. The average Bonchev–Trinajstić information content (AvgIpc) is 2.26. The molecule has 0 aliphatic rings. The van der Waals surface area contributed by atoms with Crippen LogP contribution in [0.4, 0.5) is 19.0 Å². The maximum atomic E-state index is 12.5. The van der Waals surface area contributed by atoms with Gasteiger partial charge >= 0.3 is 6.18 Å². The summed E-state index contributed by atoms with van der Waals surface area (Å²) in [6, 6.07) is 2.82. The smallest absolute Gasteiger partial charge is 0.395 e. The van der Waals surface area contributed by atoms with Crippen LogP contribution >= 0.6 is 0 Å². The summed E-state index contributed by atoms with van der Waals surface area (Å²) >= 11 is 0. The molecule has 3 N–H and O–H groups in total. The lowest BCUT2D eigenvalue weighted by Gasteiger charge is -2.27. The molecule has 4 nitrogen and oxygen atoms in total. The third-order valence-electron chi connectivity index (χ3n) is 2.35. The Morgan fingerprint density at radius 2 is 2.17 bits per heavy atom. The van der Waals surface area contributed by atoms with E-state index in [4.69, 9.17) is 10.8 Å². The van der Waals surface area contributed by atoms with Crippen LogP contribution in [-0.2, 0) is 0 Å². The number of nitrogens with two attached hydrogens (primary N) is 1. The Morgan fingerprint density at radius 1 is 1.50 bits per heavy atom. The van der Waals surface area contributed by atoms with Crippen LogP contribution in [0.2, 0.25) is 0 Å². The first-order valence-corrected chi connectivity index (χ1v) is 5.48. The van der Waals surface area contributed by atoms with E-state index >= 15 is 0 Å². The number of alkyl halides is 3. The Morgan fingerprint density at radius 3 is 2.67 bits per heavy atom. The van der Waals surface area contributed by atoms with Crippen molar-refractivity contribution in [3.05, 3.63) is 23.9 Å². The summed E-state index contributed by atoms with van der Waals surface area (Å²) in [5.74, 6) is 0.166. The van der Waals surface area contributed by atoms with Gasteiger partial charge in [-0.1, -0.05) is 6.07 Å². The highest BCUT2D eigenvalue weighted by atomic mass is 19.4. The summed E-state index contributed by atoms with van der Waals surface area (Å²) in [4.78, 5) is 4.92. The molecular weight excluding hydrogens is 247 g/mol. The van der Waals surface area contributed by atoms with Crippen molar-refractivity contribution in [1.29, 1.82) is 0 Å². The number of halogens is 3. The second kappa shape index (κ2) is 6.01. The van der Waals surface area contributed by atoms with Crippen LogP contribution in [0.1, 0.15) is 18.5 Å². The summed E-state index contributed by atoms with van der Waals surface area (Å²) in [5, 5.41) is 8.86. The minimum absolute atomic E-state index is 0.143. The summed E-state index contributed by atoms with van der Waals surface area (Å²) in [7, 11) is 0. The number of anilines is 1. The van der Waals surface area contributed by atoms with Crippen LogP contribution in [0.5, 0.6) is 0 Å². The number of pyridine rings is 1. The normalized spacial score (nSPS) is 13.4. The Hall–Kier alpha value is -1.34. The van der Waals surface area contributed by atoms with Crippen molar-refractivity contribution in [3.8, 4) is 0 Å². The van der Waals surface area contributed by atoms with Crippen LogP contribution in [0, 0.1) is 0 Å². The van der Waals surface area contributed by atoms with Gasteiger partial charge in [0.25, 0.3) is 0 Å². The SMILES string of the molecule is C[C@H](N)c1cccnc1N(CCO)CC(F)(F)F. The molecule has 0 radical (unpaired) electrons. The highest BCUT2D eigenvalue weighted by Gasteiger charge is 2.32. The molecule has 0 aliphatic carbocycles. The zero-order valence-electron chi connectivity index (χ0n) is 9.98. The van der Waals surface area contributed by atoms with E-state index in [1.807, 2.05) is 0 Å². The van der Waals surface area contributed by atoms with Gasteiger partial charge in [-0.05, 0) is 13.0 Å². The lowest BCUT2D eigenvalue weighted by molar-refractivity contribution is -0.120. The Balaban J connectivity index is 3.05. The monoisotopic (exact) mass is 263 g/mol. The molecule has 0 unspecified atom stereocenters. The van der Waals surface area contributed by atoms with E-state index in [2.05, 4.69) is 4.98 Å². The molecule has 0 saturated carbocycles. The minimum atomic E-state index is -4.36. The maximum Gasteiger partial charge on any atom is 0.405 e. The van der Waals surface area contributed by atoms with Crippen LogP contribution < -0.4 is 10.6 Å². The molecule has 0 bridgehead atoms. The lowest BCUT2D eigenvalue weighted by atomic mass is 10.1. The minimum Gasteiger partial charge on any atom is -0.395 e. The zero-order chi connectivity index (χ0) is 13.8. The van der Waals surface area contributed by atoms with Crippen LogP contribution in [0.3, 0.4) is 0 Å². The molecule has 1 aromatic rings. The van der Waals surface area contributed by atoms with E-state index in [9.17, 15) is 13.2 Å². The number of aliphatic hydroxyl groups excluding tert-OH is 1. The third kappa shape index (κ3) is 4.15. The molecule has 1 heterocycles. The summed E-state index contributed by atoms with van der Waals surface area (Å²) < 4.78 is 37.4. The molecule has 1 rings (SSSR count). The number of aromatic nitrogens is 1. The van der Waals surface area contributed by atoms with Crippen LogP contribution in [0.25, 0.3) is 0 Å². The fraction of sp³-hybridized carbons (Fsp3) is 0.545. The van der Waals surface area contributed by atoms with E-state index < -0.39 is 18.8 Å². The van der Waals surface area contributed by atoms with E-state index in [1.165, 1.54) is 6.20 Å². The highest BCUT2D eigenvalue weighted by Crippen LogP contribution is 2.25. The zero-order valence-corrected chi connectivity index (χ0v) is 9.98. The van der Waals surface area contributed by atoms with E-state index in [0.717, 1.165) is 4.90 Å². The van der Waals surface area contributed by atoms with Crippen molar-refractivity contribution in [2.24, 2.45) is 5.73 Å². The van der Waals surface area contributed by atoms with E-state index in [-0.39, 0.29) is 19.0 Å². The predicted molar refractivity (Wildman–Crippen MR) is 62.2 cm³/mol. The molecule has 0 aliphatic heterocycles. The number of hydrogen-bond acceptors (Lipinski definition) is 4. The number of nitrogens with zero attached hydrogens (tertiary/aromatic N) is 2. The molecule has 18 heavy (non-hydrogen) atoms. The number of aliphatic hydroxyl groups is 1. The van der Waals surface area contributed by atoms with Crippen molar-refractivity contribution >= 4 is 5.82 Å². The molecule has 0 aromatic carbocycles. The van der Waals surface area contributed by atoms with Crippen molar-refractivity contribution in [2.75, 3.05) is 24.6 Å². The molecule has 7 heteroatoms. The van der Waals surface area contributed by atoms with Crippen molar-refractivity contribution in [1.82, 2.24) is 4.98 Å². The molecule has 0 fully saturated rings. The fourth-order valence-corrected chi connectivity index (χ4v) is 1.63. The number of hydrogen-bond donors (Lipinski definition) is 2. The second-order valence-electron chi connectivity index (χ2n) is 3.97. The molecule has 0 saturated heterocycles. The quantitative estimate of drug-likeness (QED) is 0.844. The largest absolute Gasteiger partial charge is 0.405 e. The van der Waals surface area contributed by atoms with Crippen molar-refractivity contribution in [3.63, 3.8) is 0 Å². The first kappa shape index (κ1) is 14.7. The molecule has 1 atom stereocenters. The Kier molecular flexibility index (Phi) is 4.92. The van der Waals surface area contributed by atoms with Gasteiger partial charge in [0.05, 0.1) is 6.61 Å². The van der Waals surface area contributed by atoms with Gasteiger partial charge in [-0.15, -0.1) is 0 Å². The van der Waals surface area contributed by atoms with Crippen LogP contribution in [0.15, 0.2) is 18.3 Å². The van der Waals surface area contributed by atoms with E-state index in [1.54, 1.807) is 19.1 Å². The van der Waals surface area contributed by atoms with Gasteiger partial charge in [0, 0.05) is 24.3 Å². The fourth-order valence-electron chi connectivity index (χ4n) is 1.63. The van der Waals surface area contributed by atoms with Crippen LogP contribution in [-0.4, -0.2) is 36.0 Å². The van der Waals surface area contributed by atoms with Gasteiger partial charge in [0.15, 0.2) is 0 Å². The van der Waals surface area contributed by atoms with Gasteiger partial charge in [0.2, 0.25) is 0 Å². The molecule has 0 amide bonds. The third-order valence-corrected chi connectivity index (χ3v) is 2.35. The molecule has 1 aromatic heterocycles. The second-order valence-corrected chi connectivity index (χ2v) is 3.97. The van der Waals surface area contributed by atoms with E-state index in [0.29, 0.717) is 5.56 Å². The summed E-state index contributed by atoms with van der Waals surface area (Å²) in [5.41, 5.74) is 6.23. The van der Waals surface area contributed by atoms with Gasteiger partial charge < -0.3 is 15.7 Å². The first-order chi connectivity index (χ1) is 8.35. The molecule has 102 valence electrons.